The first kappa shape index (κ1) is 31.6. The Kier molecular flexibility index (Phi) is 6.89. The molecule has 0 saturated carbocycles. The van der Waals surface area contributed by atoms with E-state index in [1.165, 1.54) is 21.8 Å². The first-order valence-electron chi connectivity index (χ1n) is 19.2. The average molecular weight is 733 g/mol. The Labute approximate surface area is 326 Å². The second-order valence-electron chi connectivity index (χ2n) is 14.6. The van der Waals surface area contributed by atoms with Crippen LogP contribution in [0.2, 0.25) is 0 Å². The molecule has 0 radical (unpaired) electrons. The molecule has 11 aromatic rings. The number of amidine groups is 2. The number of fused-ring (bicyclic) bond motifs is 9. The van der Waals surface area contributed by atoms with Gasteiger partial charge in [-0.1, -0.05) is 115 Å². The highest BCUT2D eigenvalue weighted by atomic mass is 16.3. The molecule has 1 aliphatic rings. The van der Waals surface area contributed by atoms with Gasteiger partial charge >= 0.3 is 0 Å². The minimum Gasteiger partial charge on any atom is -0.456 e. The van der Waals surface area contributed by atoms with Crippen LogP contribution in [0.1, 0.15) is 22.9 Å². The average Bonchev–Trinajstić information content (AvgIpc) is 3.95. The zero-order chi connectivity index (χ0) is 37.5. The number of aliphatic imine (C=N–C) groups is 2. The van der Waals surface area contributed by atoms with E-state index in [2.05, 4.69) is 155 Å². The third-order valence-electron chi connectivity index (χ3n) is 11.3. The summed E-state index contributed by atoms with van der Waals surface area (Å²) in [6.07, 6.45) is -0.269. The van der Waals surface area contributed by atoms with Crippen LogP contribution in [0.25, 0.3) is 82.5 Å². The summed E-state index contributed by atoms with van der Waals surface area (Å²) in [7, 11) is 0. The quantitative estimate of drug-likeness (QED) is 0.192. The van der Waals surface area contributed by atoms with E-state index >= 15 is 0 Å². The number of aromatic nitrogens is 1. The lowest BCUT2D eigenvalue weighted by atomic mass is 10.0. The van der Waals surface area contributed by atoms with Crippen molar-refractivity contribution in [3.63, 3.8) is 0 Å². The van der Waals surface area contributed by atoms with Gasteiger partial charge in [-0.05, 0) is 83.4 Å². The van der Waals surface area contributed by atoms with Crippen LogP contribution in [-0.4, -0.2) is 16.2 Å². The maximum atomic E-state index is 6.49. The van der Waals surface area contributed by atoms with Crippen molar-refractivity contribution in [2.45, 2.75) is 6.17 Å². The van der Waals surface area contributed by atoms with Gasteiger partial charge in [-0.3, -0.25) is 0 Å². The minimum atomic E-state index is -0.269. The number of nitrogens with one attached hydrogen (secondary N) is 1. The molecule has 4 heterocycles. The van der Waals surface area contributed by atoms with Gasteiger partial charge in [0, 0.05) is 49.1 Å². The molecule has 1 atom stereocenters. The molecule has 3 aromatic heterocycles. The lowest BCUT2D eigenvalue weighted by molar-refractivity contribution is 0.667. The Balaban J connectivity index is 0.911. The largest absolute Gasteiger partial charge is 0.456 e. The van der Waals surface area contributed by atoms with Crippen LogP contribution in [0, 0.1) is 0 Å². The maximum absolute atomic E-state index is 6.49. The summed E-state index contributed by atoms with van der Waals surface area (Å²) in [4.78, 5) is 10.1. The molecule has 0 saturated heterocycles. The summed E-state index contributed by atoms with van der Waals surface area (Å²) in [6, 6.07) is 63.3. The van der Waals surface area contributed by atoms with Crippen LogP contribution in [-0.2, 0) is 0 Å². The SMILES string of the molecule is c1ccc(C2=NC(c3ccc4c(c3)oc3ccc(-c5ccc6c(c5)oc5ccc(-n7c8ccccc8c8ccccc87)cc56)cc34)=NC(c3ccccc3)N2)cc1. The molecule has 0 amide bonds. The molecular weight excluding hydrogens is 701 g/mol. The number of benzene rings is 8. The van der Waals surface area contributed by atoms with Gasteiger partial charge in [0.05, 0.1) is 11.0 Å². The first-order valence-corrected chi connectivity index (χ1v) is 19.2. The molecule has 0 fully saturated rings. The fourth-order valence-corrected chi connectivity index (χ4v) is 8.51. The van der Waals surface area contributed by atoms with Gasteiger partial charge in [0.2, 0.25) is 0 Å². The summed E-state index contributed by atoms with van der Waals surface area (Å²) in [5.41, 5.74) is 12.0. The fourth-order valence-electron chi connectivity index (χ4n) is 8.51. The molecule has 0 spiro atoms. The fraction of sp³-hybridized carbons (Fsp3) is 0.0196. The second-order valence-corrected chi connectivity index (χ2v) is 14.6. The molecule has 0 aliphatic carbocycles. The highest BCUT2D eigenvalue weighted by Crippen LogP contribution is 2.38. The Morgan fingerprint density at radius 1 is 0.421 bits per heavy atom. The smallest absolute Gasteiger partial charge is 0.159 e. The predicted octanol–water partition coefficient (Wildman–Crippen LogP) is 12.7. The lowest BCUT2D eigenvalue weighted by Gasteiger charge is -2.23. The van der Waals surface area contributed by atoms with Crippen LogP contribution in [0.15, 0.2) is 201 Å². The van der Waals surface area contributed by atoms with Gasteiger partial charge in [-0.25, -0.2) is 9.98 Å². The zero-order valence-electron chi connectivity index (χ0n) is 30.6. The van der Waals surface area contributed by atoms with Gasteiger partial charge in [-0.2, -0.15) is 0 Å². The maximum Gasteiger partial charge on any atom is 0.159 e. The Morgan fingerprint density at radius 3 is 1.70 bits per heavy atom. The molecule has 268 valence electrons. The van der Waals surface area contributed by atoms with Crippen molar-refractivity contribution in [2.24, 2.45) is 9.98 Å². The van der Waals surface area contributed by atoms with E-state index in [1.54, 1.807) is 0 Å². The van der Waals surface area contributed by atoms with E-state index in [9.17, 15) is 0 Å². The van der Waals surface area contributed by atoms with Crippen molar-refractivity contribution in [3.05, 3.63) is 199 Å². The third kappa shape index (κ3) is 5.11. The van der Waals surface area contributed by atoms with E-state index in [1.807, 2.05) is 36.4 Å². The molecule has 6 nitrogen and oxygen atoms in total. The predicted molar refractivity (Wildman–Crippen MR) is 233 cm³/mol. The Bertz CT molecular complexity index is 3390. The molecule has 0 bridgehead atoms. The van der Waals surface area contributed by atoms with Crippen LogP contribution in [0.4, 0.5) is 0 Å². The van der Waals surface area contributed by atoms with Crippen molar-refractivity contribution >= 4 is 77.4 Å². The number of hydrogen-bond acceptors (Lipinski definition) is 5. The topological polar surface area (TPSA) is 68.0 Å². The molecule has 1 N–H and O–H groups in total. The second kappa shape index (κ2) is 12.4. The van der Waals surface area contributed by atoms with Crippen LogP contribution < -0.4 is 5.32 Å². The van der Waals surface area contributed by atoms with Crippen LogP contribution >= 0.6 is 0 Å². The van der Waals surface area contributed by atoms with Gasteiger partial charge < -0.3 is 18.7 Å². The van der Waals surface area contributed by atoms with Crippen LogP contribution in [0.3, 0.4) is 0 Å². The third-order valence-corrected chi connectivity index (χ3v) is 11.3. The van der Waals surface area contributed by atoms with Gasteiger partial charge in [0.15, 0.2) is 5.84 Å². The number of rotatable bonds is 5. The van der Waals surface area contributed by atoms with Gasteiger partial charge in [0.25, 0.3) is 0 Å². The summed E-state index contributed by atoms with van der Waals surface area (Å²) < 4.78 is 15.3. The molecule has 12 rings (SSSR count). The molecule has 57 heavy (non-hydrogen) atoms. The molecule has 6 heteroatoms. The normalized spacial score (nSPS) is 14.5. The Hall–Kier alpha value is -7.70. The number of furan rings is 2. The van der Waals surface area contributed by atoms with Crippen molar-refractivity contribution in [1.29, 1.82) is 0 Å². The first-order chi connectivity index (χ1) is 28.2. The zero-order valence-corrected chi connectivity index (χ0v) is 30.6. The summed E-state index contributed by atoms with van der Waals surface area (Å²) in [5, 5.41) is 10.3. The monoisotopic (exact) mass is 732 g/mol. The molecular formula is C51H32N4O2. The molecule has 1 unspecified atom stereocenters. The summed E-state index contributed by atoms with van der Waals surface area (Å²) >= 11 is 0. The van der Waals surface area contributed by atoms with Gasteiger partial charge in [0.1, 0.15) is 34.3 Å². The summed E-state index contributed by atoms with van der Waals surface area (Å²) in [6.45, 7) is 0. The van der Waals surface area contributed by atoms with E-state index in [0.717, 1.165) is 83.2 Å². The van der Waals surface area contributed by atoms with E-state index < -0.39 is 0 Å². The van der Waals surface area contributed by atoms with Crippen molar-refractivity contribution < 1.29 is 8.83 Å². The molecule has 1 aliphatic heterocycles. The number of nitrogens with zero attached hydrogens (tertiary/aromatic N) is 3. The standard InChI is InChI=1S/C51H32N4O2/c1-3-11-31(12-4-1)49-52-50(32-13-5-2-6-14-32)54-51(53-49)35-20-24-39-41-27-33(21-25-45(41)56-48(39)29-35)34-19-23-40-42-30-36(22-26-46(42)57-47(40)28-34)55-43-17-9-7-15-37(43)38-16-8-10-18-44(38)55/h1-30,49H,(H,52,53,54). The van der Waals surface area contributed by atoms with E-state index in [-0.39, 0.29) is 6.17 Å². The highest BCUT2D eigenvalue weighted by Gasteiger charge is 2.22. The van der Waals surface area contributed by atoms with Crippen molar-refractivity contribution in [1.82, 2.24) is 9.88 Å². The summed E-state index contributed by atoms with van der Waals surface area (Å²) in [5.74, 6) is 1.44. The van der Waals surface area contributed by atoms with Crippen LogP contribution in [0.5, 0.6) is 0 Å². The Morgan fingerprint density at radius 2 is 0.982 bits per heavy atom. The number of hydrogen-bond donors (Lipinski definition) is 1. The minimum absolute atomic E-state index is 0.269. The van der Waals surface area contributed by atoms with Crippen molar-refractivity contribution in [3.8, 4) is 16.8 Å². The number of para-hydroxylation sites is 2. The van der Waals surface area contributed by atoms with E-state index in [4.69, 9.17) is 18.8 Å². The highest BCUT2D eigenvalue weighted by molar-refractivity contribution is 6.15. The van der Waals surface area contributed by atoms with Crippen molar-refractivity contribution in [2.75, 3.05) is 0 Å². The molecule has 8 aromatic carbocycles. The van der Waals surface area contributed by atoms with E-state index in [0.29, 0.717) is 5.84 Å². The van der Waals surface area contributed by atoms with Gasteiger partial charge in [-0.15, -0.1) is 0 Å². The lowest BCUT2D eigenvalue weighted by Crippen LogP contribution is -2.33.